The van der Waals surface area contributed by atoms with Crippen molar-refractivity contribution in [2.24, 2.45) is 0 Å². The fourth-order valence-corrected chi connectivity index (χ4v) is 1.87. The maximum atomic E-state index is 12.1. The first kappa shape index (κ1) is 14.8. The second kappa shape index (κ2) is 6.26. The van der Waals surface area contributed by atoms with E-state index in [-0.39, 0.29) is 17.6 Å². The number of ether oxygens (including phenoxy) is 1. The van der Waals surface area contributed by atoms with E-state index in [9.17, 15) is 9.59 Å². The van der Waals surface area contributed by atoms with Crippen molar-refractivity contribution in [1.82, 2.24) is 4.98 Å². The molecule has 0 bridgehead atoms. The van der Waals surface area contributed by atoms with Gasteiger partial charge in [-0.2, -0.15) is 0 Å². The Hall–Kier alpha value is -2.56. The molecule has 2 N–H and O–H groups in total. The number of pyridine rings is 1. The largest absolute Gasteiger partial charge is 0.491 e. The number of amides is 1. The van der Waals surface area contributed by atoms with E-state index in [1.54, 1.807) is 6.07 Å². The number of carbonyl (C=O) groups excluding carboxylic acids is 1. The Morgan fingerprint density at radius 2 is 2.00 bits per heavy atom. The molecule has 1 heterocycles. The Kier molecular flexibility index (Phi) is 4.42. The lowest BCUT2D eigenvalue weighted by Crippen LogP contribution is -2.15. The van der Waals surface area contributed by atoms with Crippen LogP contribution < -0.4 is 15.6 Å². The third kappa shape index (κ3) is 3.95. The molecule has 0 radical (unpaired) electrons. The van der Waals surface area contributed by atoms with Crippen LogP contribution in [0.25, 0.3) is 0 Å². The van der Waals surface area contributed by atoms with E-state index in [4.69, 9.17) is 4.74 Å². The predicted molar refractivity (Wildman–Crippen MR) is 82.0 cm³/mol. The van der Waals surface area contributed by atoms with Gasteiger partial charge in [0, 0.05) is 18.0 Å². The molecular weight excluding hydrogens is 268 g/mol. The summed E-state index contributed by atoms with van der Waals surface area (Å²) in [5.74, 6) is 0.497. The number of rotatable bonds is 4. The second-order valence-corrected chi connectivity index (χ2v) is 5.04. The lowest BCUT2D eigenvalue weighted by atomic mass is 10.1. The number of nitrogens with one attached hydrogen (secondary N) is 2. The Labute approximate surface area is 123 Å². The molecule has 110 valence electrons. The molecule has 21 heavy (non-hydrogen) atoms. The van der Waals surface area contributed by atoms with Crippen LogP contribution in [0.15, 0.2) is 41.3 Å². The minimum Gasteiger partial charge on any atom is -0.491 e. The highest BCUT2D eigenvalue weighted by atomic mass is 16.5. The number of H-pyrrole nitrogens is 1. The van der Waals surface area contributed by atoms with Crippen LogP contribution in [0.4, 0.5) is 5.69 Å². The van der Waals surface area contributed by atoms with Crippen molar-refractivity contribution in [3.05, 3.63) is 58.0 Å². The smallest absolute Gasteiger partial charge is 0.257 e. The highest BCUT2D eigenvalue weighted by Gasteiger charge is 2.09. The van der Waals surface area contributed by atoms with E-state index in [2.05, 4.69) is 10.3 Å². The molecule has 1 aromatic carbocycles. The highest BCUT2D eigenvalue weighted by molar-refractivity contribution is 6.04. The van der Waals surface area contributed by atoms with Crippen molar-refractivity contribution in [2.75, 3.05) is 5.32 Å². The number of carbonyl (C=O) groups is 1. The molecule has 1 amide bonds. The first-order valence-corrected chi connectivity index (χ1v) is 6.73. The Bertz CT molecular complexity index is 684. The van der Waals surface area contributed by atoms with Crippen molar-refractivity contribution in [2.45, 2.75) is 26.9 Å². The van der Waals surface area contributed by atoms with Crippen molar-refractivity contribution in [1.29, 1.82) is 0 Å². The van der Waals surface area contributed by atoms with E-state index in [1.165, 1.54) is 18.3 Å². The molecule has 2 aromatic rings. The number of aromatic nitrogens is 1. The molecule has 0 aliphatic heterocycles. The maximum Gasteiger partial charge on any atom is 0.257 e. The molecule has 0 atom stereocenters. The number of anilines is 1. The molecule has 5 nitrogen and oxygen atoms in total. The number of hydrogen-bond acceptors (Lipinski definition) is 3. The van der Waals surface area contributed by atoms with Gasteiger partial charge in [0.1, 0.15) is 5.75 Å². The second-order valence-electron chi connectivity index (χ2n) is 5.04. The molecule has 2 rings (SSSR count). The molecule has 5 heteroatoms. The van der Waals surface area contributed by atoms with Crippen LogP contribution in [0.2, 0.25) is 0 Å². The number of benzene rings is 1. The quantitative estimate of drug-likeness (QED) is 0.907. The average molecular weight is 286 g/mol. The Morgan fingerprint density at radius 1 is 1.24 bits per heavy atom. The lowest BCUT2D eigenvalue weighted by Gasteiger charge is -2.13. The van der Waals surface area contributed by atoms with Gasteiger partial charge in [-0.15, -0.1) is 0 Å². The summed E-state index contributed by atoms with van der Waals surface area (Å²) in [6.45, 7) is 5.82. The van der Waals surface area contributed by atoms with E-state index >= 15 is 0 Å². The molecule has 0 aliphatic carbocycles. The molecule has 0 fully saturated rings. The van der Waals surface area contributed by atoms with Crippen LogP contribution >= 0.6 is 0 Å². The van der Waals surface area contributed by atoms with Crippen molar-refractivity contribution >= 4 is 11.6 Å². The summed E-state index contributed by atoms with van der Waals surface area (Å²) in [5.41, 5.74) is 1.78. The summed E-state index contributed by atoms with van der Waals surface area (Å²) in [6, 6.07) is 8.30. The molecule has 0 saturated heterocycles. The molecule has 0 aliphatic rings. The normalized spacial score (nSPS) is 10.5. The fraction of sp³-hybridized carbons (Fsp3) is 0.250. The van der Waals surface area contributed by atoms with Gasteiger partial charge < -0.3 is 15.0 Å². The van der Waals surface area contributed by atoms with E-state index in [1.807, 2.05) is 32.9 Å². The van der Waals surface area contributed by atoms with Crippen molar-refractivity contribution in [3.63, 3.8) is 0 Å². The number of aromatic amines is 1. The zero-order chi connectivity index (χ0) is 15.4. The van der Waals surface area contributed by atoms with Gasteiger partial charge in [-0.3, -0.25) is 9.59 Å². The van der Waals surface area contributed by atoms with E-state index < -0.39 is 0 Å². The van der Waals surface area contributed by atoms with Crippen LogP contribution in [0.3, 0.4) is 0 Å². The first-order chi connectivity index (χ1) is 9.95. The maximum absolute atomic E-state index is 12.1. The van der Waals surface area contributed by atoms with Crippen LogP contribution in [0.5, 0.6) is 5.75 Å². The van der Waals surface area contributed by atoms with Gasteiger partial charge in [0.05, 0.1) is 11.7 Å². The first-order valence-electron chi connectivity index (χ1n) is 6.73. The topological polar surface area (TPSA) is 71.2 Å². The molecule has 0 unspecified atom stereocenters. The van der Waals surface area contributed by atoms with E-state index in [0.29, 0.717) is 11.3 Å². The van der Waals surface area contributed by atoms with E-state index in [0.717, 1.165) is 11.3 Å². The van der Waals surface area contributed by atoms with Crippen LogP contribution in [-0.2, 0) is 0 Å². The predicted octanol–water partition coefficient (Wildman–Crippen LogP) is 2.72. The van der Waals surface area contributed by atoms with Gasteiger partial charge in [-0.05, 0) is 50.6 Å². The summed E-state index contributed by atoms with van der Waals surface area (Å²) in [7, 11) is 0. The van der Waals surface area contributed by atoms with Gasteiger partial charge in [-0.25, -0.2) is 0 Å². The Morgan fingerprint density at radius 3 is 2.57 bits per heavy atom. The van der Waals surface area contributed by atoms with Crippen molar-refractivity contribution in [3.8, 4) is 5.75 Å². The SMILES string of the molecule is Cc1cc(OC(C)C)ccc1NC(=O)c1ccc(=O)[nH]c1. The molecular formula is C16H18N2O3. The van der Waals surface area contributed by atoms with Crippen LogP contribution in [0.1, 0.15) is 29.8 Å². The number of aryl methyl sites for hydroxylation is 1. The number of hydrogen-bond donors (Lipinski definition) is 2. The highest BCUT2D eigenvalue weighted by Crippen LogP contribution is 2.22. The standard InChI is InChI=1S/C16H18N2O3/c1-10(2)21-13-5-6-14(11(3)8-13)18-16(20)12-4-7-15(19)17-9-12/h4-10H,1-3H3,(H,17,19)(H,18,20). The summed E-state index contributed by atoms with van der Waals surface area (Å²) >= 11 is 0. The summed E-state index contributed by atoms with van der Waals surface area (Å²) in [5, 5.41) is 2.81. The van der Waals surface area contributed by atoms with Gasteiger partial charge >= 0.3 is 0 Å². The molecule has 0 saturated carbocycles. The van der Waals surface area contributed by atoms with Crippen LogP contribution in [-0.4, -0.2) is 17.0 Å². The van der Waals surface area contributed by atoms with Crippen LogP contribution in [0, 0.1) is 6.92 Å². The summed E-state index contributed by atoms with van der Waals surface area (Å²) < 4.78 is 5.60. The minimum absolute atomic E-state index is 0.103. The van der Waals surface area contributed by atoms with Crippen molar-refractivity contribution < 1.29 is 9.53 Å². The minimum atomic E-state index is -0.271. The third-order valence-electron chi connectivity index (χ3n) is 2.86. The van der Waals surface area contributed by atoms with Gasteiger partial charge in [0.25, 0.3) is 5.91 Å². The van der Waals surface area contributed by atoms with Gasteiger partial charge in [0.2, 0.25) is 5.56 Å². The zero-order valence-corrected chi connectivity index (χ0v) is 12.3. The fourth-order valence-electron chi connectivity index (χ4n) is 1.87. The third-order valence-corrected chi connectivity index (χ3v) is 2.86. The molecule has 0 spiro atoms. The average Bonchev–Trinajstić information content (AvgIpc) is 2.42. The lowest BCUT2D eigenvalue weighted by molar-refractivity contribution is 0.102. The summed E-state index contributed by atoms with van der Waals surface area (Å²) in [6.07, 6.45) is 1.49. The zero-order valence-electron chi connectivity index (χ0n) is 12.3. The van der Waals surface area contributed by atoms with Gasteiger partial charge in [-0.1, -0.05) is 0 Å². The monoisotopic (exact) mass is 286 g/mol. The van der Waals surface area contributed by atoms with Gasteiger partial charge in [0.15, 0.2) is 0 Å². The summed E-state index contributed by atoms with van der Waals surface area (Å²) in [4.78, 5) is 25.5. The Balaban J connectivity index is 2.14. The molecule has 1 aromatic heterocycles.